The second-order valence-electron chi connectivity index (χ2n) is 6.06. The zero-order valence-corrected chi connectivity index (χ0v) is 15.0. The molecule has 5 nitrogen and oxygen atoms in total. The number of sulfone groups is 1. The Bertz CT molecular complexity index is 628. The summed E-state index contributed by atoms with van der Waals surface area (Å²) in [6, 6.07) is 1.84. The normalized spacial score (nSPS) is 21.1. The highest BCUT2D eigenvalue weighted by Crippen LogP contribution is 2.40. The highest BCUT2D eigenvalue weighted by atomic mass is 32.2. The average Bonchev–Trinajstić information content (AvgIpc) is 2.55. The molecule has 1 rings (SSSR count). The molecule has 1 atom stereocenters. The highest BCUT2D eigenvalue weighted by Gasteiger charge is 2.50. The highest BCUT2D eigenvalue weighted by molar-refractivity contribution is 7.93. The van der Waals surface area contributed by atoms with Gasteiger partial charge in [0.15, 0.2) is 14.6 Å². The van der Waals surface area contributed by atoms with E-state index in [1.807, 2.05) is 6.07 Å². The zero-order valence-electron chi connectivity index (χ0n) is 14.2. The van der Waals surface area contributed by atoms with E-state index in [1.165, 1.54) is 6.92 Å². The van der Waals surface area contributed by atoms with E-state index in [2.05, 4.69) is 11.7 Å². The van der Waals surface area contributed by atoms with E-state index in [0.717, 1.165) is 5.71 Å². The monoisotopic (exact) mass is 380 g/mol. The first kappa shape index (κ1) is 21.5. The number of rotatable bonds is 8. The summed E-state index contributed by atoms with van der Waals surface area (Å²) in [6.45, 7) is 5.29. The molecule has 0 heterocycles. The van der Waals surface area contributed by atoms with Gasteiger partial charge in [-0.2, -0.15) is 18.4 Å². The number of hydrogen-bond acceptors (Lipinski definition) is 5. The minimum Gasteiger partial charge on any atom is -0.392 e. The van der Waals surface area contributed by atoms with E-state index in [1.54, 1.807) is 6.08 Å². The molecule has 1 aliphatic carbocycles. The maximum Gasteiger partial charge on any atom is 0.390 e. The number of oxime groups is 1. The van der Waals surface area contributed by atoms with Crippen LogP contribution in [0.3, 0.4) is 0 Å². The van der Waals surface area contributed by atoms with Crippen molar-refractivity contribution in [1.29, 1.82) is 5.26 Å². The number of alkyl halides is 3. The lowest BCUT2D eigenvalue weighted by molar-refractivity contribution is -0.130. The molecule has 1 aliphatic rings. The van der Waals surface area contributed by atoms with Crippen molar-refractivity contribution in [2.45, 2.75) is 56.4 Å². The first-order valence-electron chi connectivity index (χ1n) is 8.10. The Balaban J connectivity index is 2.91. The molecule has 0 N–H and O–H groups in total. The lowest BCUT2D eigenvalue weighted by Gasteiger charge is -2.36. The summed E-state index contributed by atoms with van der Waals surface area (Å²) in [5, 5.41) is 13.5. The van der Waals surface area contributed by atoms with Crippen molar-refractivity contribution < 1.29 is 26.4 Å². The topological polar surface area (TPSA) is 79.5 Å². The molecule has 0 aromatic rings. The molecule has 0 bridgehead atoms. The van der Waals surface area contributed by atoms with Crippen LogP contribution >= 0.6 is 0 Å². The Labute approximate surface area is 146 Å². The minimum absolute atomic E-state index is 0.0339. The molecule has 0 spiro atoms. The molecule has 0 aromatic heterocycles. The molecule has 1 saturated carbocycles. The maximum atomic E-state index is 12.6. The Morgan fingerprint density at radius 3 is 2.44 bits per heavy atom. The van der Waals surface area contributed by atoms with E-state index in [4.69, 9.17) is 4.84 Å². The summed E-state index contributed by atoms with van der Waals surface area (Å²) >= 11 is 0. The van der Waals surface area contributed by atoms with Crippen LogP contribution < -0.4 is 0 Å². The van der Waals surface area contributed by atoms with Gasteiger partial charge in [-0.1, -0.05) is 24.7 Å². The predicted octanol–water partition coefficient (Wildman–Crippen LogP) is 3.77. The lowest BCUT2D eigenvalue weighted by atomic mass is 9.78. The fourth-order valence-corrected chi connectivity index (χ4v) is 5.31. The van der Waals surface area contributed by atoms with Crippen LogP contribution in [0.5, 0.6) is 0 Å². The molecule has 9 heteroatoms. The van der Waals surface area contributed by atoms with Crippen molar-refractivity contribution in [3.63, 3.8) is 0 Å². The van der Waals surface area contributed by atoms with Gasteiger partial charge in [-0.05, 0) is 38.0 Å². The molecule has 0 aromatic carbocycles. The fraction of sp³-hybridized carbons (Fsp3) is 0.750. The molecule has 0 radical (unpaired) electrons. The van der Waals surface area contributed by atoms with Crippen molar-refractivity contribution in [3.05, 3.63) is 12.7 Å². The quantitative estimate of drug-likeness (QED) is 0.365. The van der Waals surface area contributed by atoms with Gasteiger partial charge in [-0.15, -0.1) is 0 Å². The molecule has 1 fully saturated rings. The van der Waals surface area contributed by atoms with Gasteiger partial charge in [0.1, 0.15) is 6.61 Å². The van der Waals surface area contributed by atoms with E-state index >= 15 is 0 Å². The first-order valence-corrected chi connectivity index (χ1v) is 9.76. The SMILES string of the molecule is C=CCON=C1CCC(C(C#N)(CC)S(=O)(=O)CCC(F)(F)F)CC1. The Morgan fingerprint density at radius 1 is 1.40 bits per heavy atom. The van der Waals surface area contributed by atoms with Crippen molar-refractivity contribution in [1.82, 2.24) is 0 Å². The van der Waals surface area contributed by atoms with Gasteiger partial charge in [0.2, 0.25) is 0 Å². The lowest BCUT2D eigenvalue weighted by Crippen LogP contribution is -2.47. The number of nitrogens with zero attached hydrogens (tertiary/aromatic N) is 2. The number of hydrogen-bond donors (Lipinski definition) is 0. The van der Waals surface area contributed by atoms with Crippen molar-refractivity contribution >= 4 is 15.5 Å². The van der Waals surface area contributed by atoms with E-state index < -0.39 is 38.9 Å². The van der Waals surface area contributed by atoms with Crippen LogP contribution in [0.25, 0.3) is 0 Å². The summed E-state index contributed by atoms with van der Waals surface area (Å²) in [6.07, 6.45) is -2.83. The second kappa shape index (κ2) is 8.70. The van der Waals surface area contributed by atoms with Gasteiger partial charge >= 0.3 is 6.18 Å². The van der Waals surface area contributed by atoms with Crippen molar-refractivity contribution in [3.8, 4) is 6.07 Å². The summed E-state index contributed by atoms with van der Waals surface area (Å²) < 4.78 is 60.7. The smallest absolute Gasteiger partial charge is 0.390 e. The third-order valence-electron chi connectivity index (χ3n) is 4.53. The molecular weight excluding hydrogens is 357 g/mol. The molecular formula is C16H23F3N2O3S. The van der Waals surface area contributed by atoms with Crippen LogP contribution in [0.1, 0.15) is 45.4 Å². The van der Waals surface area contributed by atoms with E-state index in [0.29, 0.717) is 25.7 Å². The second-order valence-corrected chi connectivity index (χ2v) is 8.42. The Hall–Kier alpha value is -1.56. The van der Waals surface area contributed by atoms with Gasteiger partial charge in [0.25, 0.3) is 0 Å². The third kappa shape index (κ3) is 5.46. The molecule has 0 aliphatic heterocycles. The Kier molecular flexibility index (Phi) is 7.47. The van der Waals surface area contributed by atoms with Gasteiger partial charge in [0.05, 0.1) is 24.0 Å². The zero-order chi connectivity index (χ0) is 19.1. The Morgan fingerprint density at radius 2 is 2.00 bits per heavy atom. The van der Waals surface area contributed by atoms with Gasteiger partial charge < -0.3 is 4.84 Å². The number of halogens is 3. The summed E-state index contributed by atoms with van der Waals surface area (Å²) in [5.41, 5.74) is 0.758. The van der Waals surface area contributed by atoms with E-state index in [9.17, 15) is 26.9 Å². The summed E-state index contributed by atoms with van der Waals surface area (Å²) in [5.74, 6) is -1.57. The average molecular weight is 380 g/mol. The van der Waals surface area contributed by atoms with Crippen LogP contribution in [0.15, 0.2) is 17.8 Å². The van der Waals surface area contributed by atoms with Gasteiger partial charge in [-0.25, -0.2) is 8.42 Å². The fourth-order valence-electron chi connectivity index (χ4n) is 3.12. The molecule has 0 saturated heterocycles. The van der Waals surface area contributed by atoms with Crippen molar-refractivity contribution in [2.24, 2.45) is 11.1 Å². The summed E-state index contributed by atoms with van der Waals surface area (Å²) in [4.78, 5) is 5.00. The van der Waals surface area contributed by atoms with Gasteiger partial charge in [-0.3, -0.25) is 0 Å². The predicted molar refractivity (Wildman–Crippen MR) is 88.6 cm³/mol. The summed E-state index contributed by atoms with van der Waals surface area (Å²) in [7, 11) is -4.22. The van der Waals surface area contributed by atoms with Crippen LogP contribution in [0, 0.1) is 17.2 Å². The third-order valence-corrected chi connectivity index (χ3v) is 7.10. The van der Waals surface area contributed by atoms with Crippen LogP contribution in [0.4, 0.5) is 13.2 Å². The first-order chi connectivity index (χ1) is 11.6. The molecule has 0 amide bonds. The van der Waals surface area contributed by atoms with Crippen LogP contribution in [0.2, 0.25) is 0 Å². The molecule has 142 valence electrons. The van der Waals surface area contributed by atoms with Gasteiger partial charge in [0, 0.05) is 0 Å². The van der Waals surface area contributed by atoms with Crippen molar-refractivity contribution in [2.75, 3.05) is 12.4 Å². The largest absolute Gasteiger partial charge is 0.392 e. The van der Waals surface area contributed by atoms with E-state index in [-0.39, 0.29) is 13.0 Å². The molecule has 25 heavy (non-hydrogen) atoms. The maximum absolute atomic E-state index is 12.6. The standard InChI is InChI=1S/C16H23F3N2O3S/c1-3-10-24-21-14-7-5-13(6-8-14)15(4-2,12-20)25(22,23)11-9-16(17,18)19/h3,13H,1,4-11H2,2H3. The molecule has 1 unspecified atom stereocenters. The van der Waals surface area contributed by atoms with Crippen LogP contribution in [-0.2, 0) is 14.7 Å². The minimum atomic E-state index is -4.57. The van der Waals surface area contributed by atoms with Crippen LogP contribution in [-0.4, -0.2) is 37.4 Å². The number of nitriles is 1.